The summed E-state index contributed by atoms with van der Waals surface area (Å²) in [7, 11) is 6.54. The monoisotopic (exact) mass is 580 g/mol. The number of rotatable bonds is 7. The number of hydrogen-bond donors (Lipinski definition) is 0. The minimum atomic E-state index is -0.255. The molecule has 2 aliphatic rings. The second-order valence-corrected chi connectivity index (χ2v) is 11.1. The summed E-state index contributed by atoms with van der Waals surface area (Å²) < 4.78 is 24.1. The lowest BCUT2D eigenvalue weighted by Crippen LogP contribution is -2.39. The largest absolute Gasteiger partial charge is 0.497 e. The Morgan fingerprint density at radius 2 is 1.45 bits per heavy atom. The van der Waals surface area contributed by atoms with E-state index >= 15 is 0 Å². The third kappa shape index (κ3) is 5.14. The average molecular weight is 581 g/mol. The number of benzene rings is 3. The Morgan fingerprint density at radius 3 is 2.12 bits per heavy atom. The molecule has 0 spiro atoms. The molecule has 8 heteroatoms. The van der Waals surface area contributed by atoms with Crippen LogP contribution < -0.4 is 33.8 Å². The van der Waals surface area contributed by atoms with Gasteiger partial charge in [-0.05, 0) is 95.6 Å². The second-order valence-electron chi connectivity index (χ2n) is 10.1. The molecule has 1 aromatic heterocycles. The van der Waals surface area contributed by atoms with Gasteiger partial charge in [0.2, 0.25) is 0 Å². The van der Waals surface area contributed by atoms with E-state index in [0.717, 1.165) is 58.7 Å². The van der Waals surface area contributed by atoms with Gasteiger partial charge in [-0.25, -0.2) is 4.99 Å². The van der Waals surface area contributed by atoms with E-state index in [9.17, 15) is 4.79 Å². The van der Waals surface area contributed by atoms with E-state index in [-0.39, 0.29) is 11.6 Å². The van der Waals surface area contributed by atoms with Crippen LogP contribution in [-0.2, 0) is 0 Å². The van der Waals surface area contributed by atoms with Gasteiger partial charge in [-0.2, -0.15) is 0 Å². The topological polar surface area (TPSA) is 71.3 Å². The van der Waals surface area contributed by atoms with E-state index in [1.54, 1.807) is 28.4 Å². The van der Waals surface area contributed by atoms with Crippen molar-refractivity contribution in [2.75, 3.05) is 28.4 Å². The van der Waals surface area contributed by atoms with Gasteiger partial charge < -0.3 is 18.9 Å². The third-order valence-corrected chi connectivity index (χ3v) is 8.71. The maximum Gasteiger partial charge on any atom is 0.271 e. The van der Waals surface area contributed by atoms with Gasteiger partial charge in [-0.1, -0.05) is 41.7 Å². The fourth-order valence-corrected chi connectivity index (χ4v) is 6.64. The van der Waals surface area contributed by atoms with Crippen LogP contribution in [0.5, 0.6) is 23.0 Å². The van der Waals surface area contributed by atoms with Crippen molar-refractivity contribution < 1.29 is 18.9 Å². The molecular weight excluding hydrogens is 548 g/mol. The number of hydrogen-bond acceptors (Lipinski definition) is 7. The molecule has 1 aliphatic carbocycles. The van der Waals surface area contributed by atoms with Crippen molar-refractivity contribution in [2.45, 2.75) is 25.3 Å². The van der Waals surface area contributed by atoms with Crippen LogP contribution in [0.15, 0.2) is 93.4 Å². The maximum absolute atomic E-state index is 14.1. The number of ether oxygens (including phenoxy) is 4. The van der Waals surface area contributed by atoms with Crippen molar-refractivity contribution in [3.8, 4) is 23.0 Å². The molecule has 1 aliphatic heterocycles. The molecule has 1 atom stereocenters. The maximum atomic E-state index is 14.1. The molecule has 2 heterocycles. The number of methoxy groups -OCH3 is 4. The Morgan fingerprint density at radius 1 is 0.786 bits per heavy atom. The van der Waals surface area contributed by atoms with Crippen molar-refractivity contribution in [1.29, 1.82) is 0 Å². The van der Waals surface area contributed by atoms with Gasteiger partial charge >= 0.3 is 0 Å². The summed E-state index contributed by atoms with van der Waals surface area (Å²) in [4.78, 5) is 19.9. The molecule has 3 aromatic carbocycles. The van der Waals surface area contributed by atoms with Crippen molar-refractivity contribution in [3.05, 3.63) is 120 Å². The summed E-state index contributed by atoms with van der Waals surface area (Å²) in [5.74, 6) is 2.85. The van der Waals surface area contributed by atoms with Crippen molar-refractivity contribution >= 4 is 23.5 Å². The van der Waals surface area contributed by atoms with Gasteiger partial charge in [0.15, 0.2) is 16.3 Å². The van der Waals surface area contributed by atoms with Crippen LogP contribution in [0.3, 0.4) is 0 Å². The van der Waals surface area contributed by atoms with E-state index < -0.39 is 0 Å². The Labute approximate surface area is 248 Å². The summed E-state index contributed by atoms with van der Waals surface area (Å²) in [5.41, 5.74) is 6.23. The summed E-state index contributed by atoms with van der Waals surface area (Å²) >= 11 is 1.41. The normalized spacial score (nSPS) is 17.4. The summed E-state index contributed by atoms with van der Waals surface area (Å²) in [6.07, 6.45) is 6.88. The van der Waals surface area contributed by atoms with Crippen LogP contribution in [0.1, 0.15) is 42.0 Å². The van der Waals surface area contributed by atoms with E-state index in [0.29, 0.717) is 20.8 Å². The molecule has 6 rings (SSSR count). The van der Waals surface area contributed by atoms with Crippen LogP contribution in [0, 0.1) is 0 Å². The quantitative estimate of drug-likeness (QED) is 0.288. The zero-order chi connectivity index (χ0) is 29.2. The van der Waals surface area contributed by atoms with Crippen molar-refractivity contribution in [2.24, 2.45) is 4.99 Å². The highest BCUT2D eigenvalue weighted by atomic mass is 32.1. The third-order valence-electron chi connectivity index (χ3n) is 7.73. The molecule has 0 fully saturated rings. The molecule has 42 heavy (non-hydrogen) atoms. The van der Waals surface area contributed by atoms with Gasteiger partial charge in [-0.3, -0.25) is 9.36 Å². The Kier molecular flexibility index (Phi) is 7.71. The first kappa shape index (κ1) is 27.6. The molecule has 4 aromatic rings. The summed E-state index contributed by atoms with van der Waals surface area (Å²) in [6.45, 7) is 0. The fourth-order valence-electron chi connectivity index (χ4n) is 5.64. The lowest BCUT2D eigenvalue weighted by atomic mass is 9.84. The number of aromatic nitrogens is 1. The lowest BCUT2D eigenvalue weighted by molar-refractivity contribution is 0.355. The highest BCUT2D eigenvalue weighted by molar-refractivity contribution is 7.07. The van der Waals surface area contributed by atoms with Gasteiger partial charge in [0.05, 0.1) is 44.7 Å². The van der Waals surface area contributed by atoms with Gasteiger partial charge in [0.25, 0.3) is 5.56 Å². The molecule has 214 valence electrons. The summed E-state index contributed by atoms with van der Waals surface area (Å²) in [5, 5.41) is 0. The Bertz CT molecular complexity index is 1860. The molecule has 0 bridgehead atoms. The SMILES string of the molecule is COc1ccc(/C=C2\CCCC3=C2N=c2s/c(=C/c4ccc(OC)c(OC)c4)c(=O)n2[C@H]3c2ccc(OC)cc2)cc1. The first-order chi connectivity index (χ1) is 20.5. The number of fused-ring (bicyclic) bond motifs is 1. The zero-order valence-corrected chi connectivity index (χ0v) is 24.9. The zero-order valence-electron chi connectivity index (χ0n) is 24.0. The number of nitrogens with zero attached hydrogens (tertiary/aromatic N) is 2. The molecule has 0 unspecified atom stereocenters. The molecule has 7 nitrogen and oxygen atoms in total. The highest BCUT2D eigenvalue weighted by Gasteiger charge is 2.32. The molecule has 0 saturated carbocycles. The van der Waals surface area contributed by atoms with Gasteiger partial charge in [0, 0.05) is 0 Å². The minimum Gasteiger partial charge on any atom is -0.497 e. The van der Waals surface area contributed by atoms with Crippen molar-refractivity contribution in [3.63, 3.8) is 0 Å². The van der Waals surface area contributed by atoms with Crippen LogP contribution in [0.25, 0.3) is 12.2 Å². The Hall–Kier alpha value is -4.56. The molecule has 0 amide bonds. The van der Waals surface area contributed by atoms with E-state index in [4.69, 9.17) is 23.9 Å². The minimum absolute atomic E-state index is 0.0628. The highest BCUT2D eigenvalue weighted by Crippen LogP contribution is 2.41. The molecular formula is C34H32N2O5S. The number of allylic oxidation sites excluding steroid dienone is 2. The van der Waals surface area contributed by atoms with E-state index in [1.165, 1.54) is 16.9 Å². The first-order valence-corrected chi connectivity index (χ1v) is 14.6. The van der Waals surface area contributed by atoms with E-state index in [2.05, 4.69) is 18.2 Å². The van der Waals surface area contributed by atoms with Crippen molar-refractivity contribution in [1.82, 2.24) is 4.57 Å². The Balaban J connectivity index is 1.53. The smallest absolute Gasteiger partial charge is 0.271 e. The fraction of sp³-hybridized carbons (Fsp3) is 0.235. The standard InChI is InChI=1S/C34H32N2O5S/c1-38-25-13-8-21(9-14-25)18-24-6-5-7-27-31(24)35-34-36(32(27)23-11-15-26(39-2)16-12-23)33(37)30(42-34)20-22-10-17-28(40-3)29(19-22)41-4/h8-20,32H,5-7H2,1-4H3/b24-18+,30-20+/t32-/m0/s1. The molecule has 0 radical (unpaired) electrons. The molecule has 0 saturated heterocycles. The van der Waals surface area contributed by atoms with Crippen LogP contribution in [0.4, 0.5) is 0 Å². The van der Waals surface area contributed by atoms with Crippen LogP contribution in [-0.4, -0.2) is 33.0 Å². The lowest BCUT2D eigenvalue weighted by Gasteiger charge is -2.31. The summed E-state index contributed by atoms with van der Waals surface area (Å²) in [6, 6.07) is 21.4. The number of thiazole rings is 1. The predicted octanol–water partition coefficient (Wildman–Crippen LogP) is 5.52. The van der Waals surface area contributed by atoms with E-state index in [1.807, 2.05) is 65.2 Å². The first-order valence-electron chi connectivity index (χ1n) is 13.8. The predicted molar refractivity (Wildman–Crippen MR) is 165 cm³/mol. The van der Waals surface area contributed by atoms with Gasteiger partial charge in [-0.15, -0.1) is 0 Å². The second kappa shape index (κ2) is 11.7. The van der Waals surface area contributed by atoms with Crippen LogP contribution >= 0.6 is 11.3 Å². The van der Waals surface area contributed by atoms with Crippen LogP contribution in [0.2, 0.25) is 0 Å². The average Bonchev–Trinajstić information content (AvgIpc) is 3.34. The molecule has 0 N–H and O–H groups in total. The van der Waals surface area contributed by atoms with Gasteiger partial charge in [0.1, 0.15) is 11.5 Å².